The highest BCUT2D eigenvalue weighted by Crippen LogP contribution is 2.45. The van der Waals surface area contributed by atoms with Gasteiger partial charge in [-0.15, -0.1) is 0 Å². The summed E-state index contributed by atoms with van der Waals surface area (Å²) in [5.74, 6) is 0.960. The van der Waals surface area contributed by atoms with Crippen molar-refractivity contribution >= 4 is 26.7 Å². The van der Waals surface area contributed by atoms with E-state index in [-0.39, 0.29) is 0 Å². The topological polar surface area (TPSA) is 9.23 Å². The van der Waals surface area contributed by atoms with E-state index >= 15 is 0 Å². The Morgan fingerprint density at radius 2 is 1.73 bits per heavy atom. The Morgan fingerprint density at radius 1 is 0.955 bits per heavy atom. The molecule has 1 heterocycles. The van der Waals surface area contributed by atoms with Crippen LogP contribution in [-0.2, 0) is 6.61 Å². The standard InChI is InChI=1S/C18H13BrO.C2H6/c1-11-6-7-12-9-16-14-5-3-2-4-13(14)10-20-18(16)17(19)15(12)8-11;1-2/h2-9H,10H2,1H3;1-2H3. The summed E-state index contributed by atoms with van der Waals surface area (Å²) in [5, 5.41) is 2.45. The maximum Gasteiger partial charge on any atom is 0.142 e. The fourth-order valence-electron chi connectivity index (χ4n) is 2.85. The Labute approximate surface area is 140 Å². The molecule has 0 bridgehead atoms. The lowest BCUT2D eigenvalue weighted by atomic mass is 9.94. The fourth-order valence-corrected chi connectivity index (χ4v) is 3.52. The molecule has 3 aromatic carbocycles. The molecule has 0 unspecified atom stereocenters. The first-order valence-corrected chi connectivity index (χ1v) is 8.47. The van der Waals surface area contributed by atoms with E-state index in [1.54, 1.807) is 0 Å². The van der Waals surface area contributed by atoms with E-state index in [0.29, 0.717) is 6.61 Å². The molecule has 0 spiro atoms. The molecule has 112 valence electrons. The van der Waals surface area contributed by atoms with Crippen LogP contribution < -0.4 is 4.74 Å². The zero-order chi connectivity index (χ0) is 15.7. The van der Waals surface area contributed by atoms with Crippen molar-refractivity contribution in [1.29, 1.82) is 0 Å². The van der Waals surface area contributed by atoms with Crippen LogP contribution in [0.15, 0.2) is 53.0 Å². The molecule has 0 aliphatic carbocycles. The number of hydrogen-bond donors (Lipinski definition) is 0. The fraction of sp³-hybridized carbons (Fsp3) is 0.200. The smallest absolute Gasteiger partial charge is 0.142 e. The Kier molecular flexibility index (Phi) is 4.21. The van der Waals surface area contributed by atoms with Crippen molar-refractivity contribution in [3.63, 3.8) is 0 Å². The van der Waals surface area contributed by atoms with Gasteiger partial charge >= 0.3 is 0 Å². The van der Waals surface area contributed by atoms with Crippen molar-refractivity contribution in [2.75, 3.05) is 0 Å². The van der Waals surface area contributed by atoms with Gasteiger partial charge in [0.15, 0.2) is 0 Å². The van der Waals surface area contributed by atoms with Gasteiger partial charge in [0.1, 0.15) is 12.4 Å². The van der Waals surface area contributed by atoms with Gasteiger partial charge in [-0.2, -0.15) is 0 Å². The minimum absolute atomic E-state index is 0.638. The van der Waals surface area contributed by atoms with Gasteiger partial charge in [0, 0.05) is 5.56 Å². The molecule has 0 atom stereocenters. The SMILES string of the molecule is CC.Cc1ccc2cc3c(c(Br)c2c1)OCc1ccccc1-3. The summed E-state index contributed by atoms with van der Waals surface area (Å²) in [6, 6.07) is 17.2. The number of hydrogen-bond acceptors (Lipinski definition) is 1. The van der Waals surface area contributed by atoms with E-state index in [4.69, 9.17) is 4.74 Å². The van der Waals surface area contributed by atoms with Crippen LogP contribution in [0.25, 0.3) is 21.9 Å². The van der Waals surface area contributed by atoms with Crippen LogP contribution in [0.5, 0.6) is 5.75 Å². The van der Waals surface area contributed by atoms with Crippen molar-refractivity contribution < 1.29 is 4.74 Å². The largest absolute Gasteiger partial charge is 0.487 e. The summed E-state index contributed by atoms with van der Waals surface area (Å²) in [6.45, 7) is 6.75. The first-order chi connectivity index (χ1) is 10.7. The number of benzene rings is 3. The summed E-state index contributed by atoms with van der Waals surface area (Å²) < 4.78 is 7.04. The lowest BCUT2D eigenvalue weighted by molar-refractivity contribution is 0.301. The number of rotatable bonds is 0. The zero-order valence-electron chi connectivity index (χ0n) is 13.1. The minimum Gasteiger partial charge on any atom is -0.487 e. The van der Waals surface area contributed by atoms with E-state index in [2.05, 4.69) is 71.4 Å². The van der Waals surface area contributed by atoms with Gasteiger partial charge in [0.25, 0.3) is 0 Å². The first kappa shape index (κ1) is 15.1. The molecule has 1 nitrogen and oxygen atoms in total. The monoisotopic (exact) mass is 354 g/mol. The average molecular weight is 355 g/mol. The minimum atomic E-state index is 0.638. The van der Waals surface area contributed by atoms with Gasteiger partial charge in [-0.3, -0.25) is 0 Å². The maximum absolute atomic E-state index is 5.98. The van der Waals surface area contributed by atoms with Crippen molar-refractivity contribution in [1.82, 2.24) is 0 Å². The average Bonchev–Trinajstić information content (AvgIpc) is 2.57. The molecule has 3 aromatic rings. The highest BCUT2D eigenvalue weighted by molar-refractivity contribution is 9.10. The quantitative estimate of drug-likeness (QED) is 0.447. The van der Waals surface area contributed by atoms with Crippen molar-refractivity contribution in [2.24, 2.45) is 0 Å². The van der Waals surface area contributed by atoms with Crippen LogP contribution in [0.4, 0.5) is 0 Å². The third-order valence-electron chi connectivity index (χ3n) is 3.87. The second-order valence-electron chi connectivity index (χ2n) is 5.24. The summed E-state index contributed by atoms with van der Waals surface area (Å²) in [4.78, 5) is 0. The molecule has 0 saturated carbocycles. The van der Waals surface area contributed by atoms with Crippen LogP contribution in [0.3, 0.4) is 0 Å². The normalized spacial score (nSPS) is 11.8. The highest BCUT2D eigenvalue weighted by atomic mass is 79.9. The van der Waals surface area contributed by atoms with Crippen LogP contribution in [-0.4, -0.2) is 0 Å². The molecule has 1 aliphatic heterocycles. The predicted molar refractivity (Wildman–Crippen MR) is 97.5 cm³/mol. The van der Waals surface area contributed by atoms with Gasteiger partial charge in [-0.1, -0.05) is 61.9 Å². The van der Waals surface area contributed by atoms with E-state index in [9.17, 15) is 0 Å². The van der Waals surface area contributed by atoms with Gasteiger partial charge < -0.3 is 4.74 Å². The Bertz CT molecular complexity index is 836. The van der Waals surface area contributed by atoms with Crippen LogP contribution in [0.2, 0.25) is 0 Å². The molecule has 0 saturated heterocycles. The van der Waals surface area contributed by atoms with Crippen LogP contribution in [0.1, 0.15) is 25.0 Å². The summed E-state index contributed by atoms with van der Waals surface area (Å²) in [7, 11) is 0. The van der Waals surface area contributed by atoms with Gasteiger partial charge in [0.05, 0.1) is 4.47 Å². The number of halogens is 1. The Morgan fingerprint density at radius 3 is 2.55 bits per heavy atom. The third kappa shape index (κ3) is 2.42. The summed E-state index contributed by atoms with van der Waals surface area (Å²) in [6.07, 6.45) is 0. The van der Waals surface area contributed by atoms with E-state index in [1.807, 2.05) is 13.8 Å². The Balaban J connectivity index is 0.000000693. The Hall–Kier alpha value is -1.80. The molecule has 22 heavy (non-hydrogen) atoms. The van der Waals surface area contributed by atoms with Gasteiger partial charge in [-0.05, 0) is 50.8 Å². The zero-order valence-corrected chi connectivity index (χ0v) is 14.7. The molecule has 0 N–H and O–H groups in total. The predicted octanol–water partition coefficient (Wildman–Crippen LogP) is 6.50. The molecular weight excluding hydrogens is 336 g/mol. The van der Waals surface area contributed by atoms with E-state index in [1.165, 1.54) is 33.0 Å². The van der Waals surface area contributed by atoms with Crippen molar-refractivity contribution in [3.8, 4) is 16.9 Å². The third-order valence-corrected chi connectivity index (χ3v) is 4.66. The molecule has 0 amide bonds. The molecular formula is C20H19BrO. The summed E-state index contributed by atoms with van der Waals surface area (Å²) in [5.41, 5.74) is 4.96. The molecule has 0 radical (unpaired) electrons. The van der Waals surface area contributed by atoms with Crippen molar-refractivity contribution in [3.05, 3.63) is 64.1 Å². The molecule has 0 aromatic heterocycles. The summed E-state index contributed by atoms with van der Waals surface area (Å²) >= 11 is 3.73. The highest BCUT2D eigenvalue weighted by Gasteiger charge is 2.21. The number of aryl methyl sites for hydroxylation is 1. The number of ether oxygens (including phenoxy) is 1. The van der Waals surface area contributed by atoms with Crippen LogP contribution in [0, 0.1) is 6.92 Å². The molecule has 1 aliphatic rings. The maximum atomic E-state index is 5.98. The van der Waals surface area contributed by atoms with E-state index in [0.717, 1.165) is 10.2 Å². The van der Waals surface area contributed by atoms with Gasteiger partial charge in [-0.25, -0.2) is 0 Å². The molecule has 0 fully saturated rings. The second-order valence-corrected chi connectivity index (χ2v) is 6.03. The van der Waals surface area contributed by atoms with E-state index < -0.39 is 0 Å². The lowest BCUT2D eigenvalue weighted by Gasteiger charge is -2.23. The molecule has 4 rings (SSSR count). The second kappa shape index (κ2) is 6.13. The van der Waals surface area contributed by atoms with Crippen LogP contribution >= 0.6 is 15.9 Å². The lowest BCUT2D eigenvalue weighted by Crippen LogP contribution is -2.06. The van der Waals surface area contributed by atoms with Crippen molar-refractivity contribution in [2.45, 2.75) is 27.4 Å². The number of fused-ring (bicyclic) bond motifs is 4. The van der Waals surface area contributed by atoms with Gasteiger partial charge in [0.2, 0.25) is 0 Å². The molecule has 2 heteroatoms. The first-order valence-electron chi connectivity index (χ1n) is 7.68.